The lowest BCUT2D eigenvalue weighted by Gasteiger charge is -2.16. The van der Waals surface area contributed by atoms with E-state index in [9.17, 15) is 13.2 Å². The van der Waals surface area contributed by atoms with E-state index in [2.05, 4.69) is 0 Å². The van der Waals surface area contributed by atoms with Gasteiger partial charge in [0.15, 0.2) is 0 Å². The average molecular weight is 206 g/mol. The van der Waals surface area contributed by atoms with Crippen molar-refractivity contribution in [3.05, 3.63) is 0 Å². The highest BCUT2D eigenvalue weighted by atomic mass is 32.2. The predicted molar refractivity (Wildman–Crippen MR) is 48.0 cm³/mol. The Balaban J connectivity index is 2.82. The van der Waals surface area contributed by atoms with Crippen molar-refractivity contribution in [2.45, 2.75) is 37.4 Å². The first-order valence-corrected chi connectivity index (χ1v) is 5.97. The second-order valence-electron chi connectivity index (χ2n) is 3.49. The van der Waals surface area contributed by atoms with E-state index in [0.717, 1.165) is 19.3 Å². The van der Waals surface area contributed by atoms with E-state index >= 15 is 0 Å². The van der Waals surface area contributed by atoms with Gasteiger partial charge in [-0.3, -0.25) is 4.55 Å². The highest BCUT2D eigenvalue weighted by molar-refractivity contribution is 7.86. The van der Waals surface area contributed by atoms with Crippen molar-refractivity contribution in [2.75, 3.05) is 0 Å². The quantitative estimate of drug-likeness (QED) is 0.416. The second-order valence-corrected chi connectivity index (χ2v) is 5.13. The lowest BCUT2D eigenvalue weighted by atomic mass is 10.0. The summed E-state index contributed by atoms with van der Waals surface area (Å²) in [7, 11) is -4.04. The highest BCUT2D eigenvalue weighted by Gasteiger charge is 2.32. The van der Waals surface area contributed by atoms with Crippen molar-refractivity contribution in [2.24, 2.45) is 5.92 Å². The molecule has 0 aliphatic heterocycles. The predicted octanol–water partition coefficient (Wildman–Crippen LogP) is 1.02. The maximum Gasteiger partial charge on any atom is 0.268 e. The van der Waals surface area contributed by atoms with Crippen molar-refractivity contribution in [1.29, 1.82) is 0 Å². The number of hydrogen-bond donors (Lipinski definition) is 1. The van der Waals surface area contributed by atoms with Crippen molar-refractivity contribution >= 4 is 16.4 Å². The van der Waals surface area contributed by atoms with Crippen LogP contribution in [0.4, 0.5) is 0 Å². The van der Waals surface area contributed by atoms with Gasteiger partial charge in [0.05, 0.1) is 5.25 Å². The van der Waals surface area contributed by atoms with Crippen LogP contribution < -0.4 is 0 Å². The van der Waals surface area contributed by atoms with Crippen LogP contribution >= 0.6 is 0 Å². The van der Waals surface area contributed by atoms with Crippen LogP contribution in [-0.4, -0.2) is 24.5 Å². The van der Waals surface area contributed by atoms with Crippen molar-refractivity contribution in [3.63, 3.8) is 0 Å². The molecule has 0 bridgehead atoms. The van der Waals surface area contributed by atoms with Crippen molar-refractivity contribution < 1.29 is 17.8 Å². The molecule has 0 aromatic carbocycles. The molecule has 1 aliphatic rings. The van der Waals surface area contributed by atoms with Gasteiger partial charge in [-0.2, -0.15) is 8.42 Å². The molecule has 1 rings (SSSR count). The molecule has 0 radical (unpaired) electrons. The van der Waals surface area contributed by atoms with Crippen LogP contribution in [0.3, 0.4) is 0 Å². The summed E-state index contributed by atoms with van der Waals surface area (Å²) in [5.41, 5.74) is 0. The van der Waals surface area contributed by atoms with E-state index < -0.39 is 21.3 Å². The molecule has 13 heavy (non-hydrogen) atoms. The van der Waals surface area contributed by atoms with E-state index in [1.54, 1.807) is 0 Å². The number of aldehydes is 1. The third kappa shape index (κ3) is 2.77. The minimum absolute atomic E-state index is 0.405. The molecule has 1 aliphatic carbocycles. The molecule has 0 aromatic rings. The first kappa shape index (κ1) is 10.7. The molecule has 1 saturated carbocycles. The second kappa shape index (κ2) is 4.19. The fourth-order valence-corrected chi connectivity index (χ4v) is 2.93. The van der Waals surface area contributed by atoms with Crippen LogP contribution in [-0.2, 0) is 14.9 Å². The van der Waals surface area contributed by atoms with Crippen LogP contribution in [0.2, 0.25) is 0 Å². The number of carbonyl (C=O) groups excluding carboxylic acids is 1. The Hall–Kier alpha value is -0.420. The molecular weight excluding hydrogens is 192 g/mol. The summed E-state index contributed by atoms with van der Waals surface area (Å²) in [6.07, 6.45) is 4.22. The van der Waals surface area contributed by atoms with E-state index in [0.29, 0.717) is 19.1 Å². The maximum atomic E-state index is 10.9. The van der Waals surface area contributed by atoms with Crippen LogP contribution in [0.1, 0.15) is 32.1 Å². The summed E-state index contributed by atoms with van der Waals surface area (Å²) < 4.78 is 30.7. The Bertz CT molecular complexity index is 270. The van der Waals surface area contributed by atoms with Gasteiger partial charge in [0.25, 0.3) is 10.1 Å². The van der Waals surface area contributed by atoms with Crippen molar-refractivity contribution in [3.8, 4) is 0 Å². The Kier molecular flexibility index (Phi) is 3.44. The lowest BCUT2D eigenvalue weighted by molar-refractivity contribution is -0.111. The first-order chi connectivity index (χ1) is 6.05. The average Bonchev–Trinajstić information content (AvgIpc) is 2.26. The summed E-state index contributed by atoms with van der Waals surface area (Å²) in [6.45, 7) is 0. The molecule has 5 heteroatoms. The Morgan fingerprint density at radius 3 is 2.31 bits per heavy atom. The molecule has 0 amide bonds. The van der Waals surface area contributed by atoms with Crippen LogP contribution in [0.15, 0.2) is 0 Å². The molecule has 0 aromatic heterocycles. The summed E-state index contributed by atoms with van der Waals surface area (Å²) in [6, 6.07) is 0. The Morgan fingerprint density at radius 1 is 1.15 bits per heavy atom. The lowest BCUT2D eigenvalue weighted by Crippen LogP contribution is -2.29. The molecule has 0 saturated heterocycles. The van der Waals surface area contributed by atoms with Crippen molar-refractivity contribution in [1.82, 2.24) is 0 Å². The van der Waals surface area contributed by atoms with E-state index in [1.807, 2.05) is 0 Å². The smallest absolute Gasteiger partial charge is 0.268 e. The number of rotatable bonds is 2. The zero-order valence-corrected chi connectivity index (χ0v) is 8.16. The zero-order valence-electron chi connectivity index (χ0n) is 7.35. The highest BCUT2D eigenvalue weighted by Crippen LogP contribution is 2.26. The van der Waals surface area contributed by atoms with Crippen LogP contribution in [0, 0.1) is 5.92 Å². The van der Waals surface area contributed by atoms with Gasteiger partial charge in [0.1, 0.15) is 6.29 Å². The molecule has 0 spiro atoms. The third-order valence-corrected chi connectivity index (χ3v) is 3.91. The van der Waals surface area contributed by atoms with Gasteiger partial charge in [-0.25, -0.2) is 0 Å². The monoisotopic (exact) mass is 206 g/mol. The first-order valence-electron chi connectivity index (χ1n) is 4.47. The minimum Gasteiger partial charge on any atom is -0.303 e. The van der Waals surface area contributed by atoms with Gasteiger partial charge in [0, 0.05) is 5.92 Å². The molecule has 1 N–H and O–H groups in total. The summed E-state index contributed by atoms with van der Waals surface area (Å²) >= 11 is 0. The third-order valence-electron chi connectivity index (χ3n) is 2.56. The van der Waals surface area contributed by atoms with E-state index in [4.69, 9.17) is 4.55 Å². The van der Waals surface area contributed by atoms with Gasteiger partial charge >= 0.3 is 0 Å². The maximum absolute atomic E-state index is 10.9. The number of hydrogen-bond acceptors (Lipinski definition) is 3. The molecule has 2 atom stereocenters. The van der Waals surface area contributed by atoms with E-state index in [-0.39, 0.29) is 0 Å². The van der Waals surface area contributed by atoms with Gasteiger partial charge in [-0.1, -0.05) is 19.3 Å². The largest absolute Gasteiger partial charge is 0.303 e. The molecule has 1 fully saturated rings. The summed E-state index contributed by atoms with van der Waals surface area (Å²) in [5, 5.41) is -0.868. The van der Waals surface area contributed by atoms with Gasteiger partial charge in [-0.05, 0) is 12.8 Å². The molecule has 4 nitrogen and oxygen atoms in total. The van der Waals surface area contributed by atoms with Gasteiger partial charge < -0.3 is 4.79 Å². The van der Waals surface area contributed by atoms with Crippen LogP contribution in [0.5, 0.6) is 0 Å². The van der Waals surface area contributed by atoms with Crippen LogP contribution in [0.25, 0.3) is 0 Å². The summed E-state index contributed by atoms with van der Waals surface area (Å²) in [5.74, 6) is -0.516. The fourth-order valence-electron chi connectivity index (χ4n) is 1.83. The van der Waals surface area contributed by atoms with E-state index in [1.165, 1.54) is 0 Å². The molecule has 0 heterocycles. The fraction of sp³-hybridized carbons (Fsp3) is 0.875. The molecule has 2 unspecified atom stereocenters. The SMILES string of the molecule is O=CC1CCCCCC1S(=O)(=O)O. The molecular formula is C8H14O4S. The van der Waals surface area contributed by atoms with Gasteiger partial charge in [0.2, 0.25) is 0 Å². The standard InChI is InChI=1S/C8H14O4S/c9-6-7-4-2-1-3-5-8(7)13(10,11)12/h6-8H,1-5H2,(H,10,11,12). The normalized spacial score (nSPS) is 30.8. The Morgan fingerprint density at radius 2 is 1.77 bits per heavy atom. The minimum atomic E-state index is -4.04. The Labute approximate surface area is 78.1 Å². The summed E-state index contributed by atoms with van der Waals surface area (Å²) in [4.78, 5) is 10.6. The molecule has 76 valence electrons. The van der Waals surface area contributed by atoms with Gasteiger partial charge in [-0.15, -0.1) is 0 Å². The zero-order chi connectivity index (χ0) is 9.90. The number of carbonyl (C=O) groups is 1. The topological polar surface area (TPSA) is 71.4 Å².